The Morgan fingerprint density at radius 1 is 0.600 bits per heavy atom. The van der Waals surface area contributed by atoms with Crippen molar-refractivity contribution in [1.82, 2.24) is 47.1 Å². The lowest BCUT2D eigenvalue weighted by atomic mass is 9.96. The number of benzene rings is 3. The van der Waals surface area contributed by atoms with Gasteiger partial charge >= 0.3 is 0 Å². The number of hydrogen-bond donors (Lipinski definition) is 8. The molecular weight excluding hydrogens is 995 g/mol. The minimum absolute atomic E-state index is 0.00482. The fourth-order valence-electron chi connectivity index (χ4n) is 9.48. The number of aromatic amines is 1. The number of hydrogen-bond acceptors (Lipinski definition) is 10. The average Bonchev–Trinajstić information content (AvgIpc) is 4.06. The van der Waals surface area contributed by atoms with E-state index < -0.39 is 118 Å². The summed E-state index contributed by atoms with van der Waals surface area (Å²) in [5.74, 6) is -5.84. The zero-order chi connectivity index (χ0) is 54.2. The molecule has 3 aromatic carbocycles. The number of aromatic nitrogens is 1. The molecule has 2 saturated heterocycles. The molecule has 2 fully saturated rings. The monoisotopic (exact) mass is 1070 g/mol. The molecule has 4 aromatic rings. The van der Waals surface area contributed by atoms with Gasteiger partial charge in [0.25, 0.3) is 0 Å². The Morgan fingerprint density at radius 3 is 1.69 bits per heavy atom. The van der Waals surface area contributed by atoms with Gasteiger partial charge in [-0.15, -0.1) is 0 Å². The van der Waals surface area contributed by atoms with Crippen molar-refractivity contribution in [2.24, 2.45) is 11.8 Å². The first-order chi connectivity index (χ1) is 36.0. The fourth-order valence-corrected chi connectivity index (χ4v) is 10.5. The van der Waals surface area contributed by atoms with Crippen molar-refractivity contribution in [3.8, 4) is 0 Å². The van der Waals surface area contributed by atoms with Crippen molar-refractivity contribution < 1.29 is 42.6 Å². The SMILES string of the molecule is CCC(C)C1NC(=O)C(CCSC)NC(=O)C(C(C)C)NC(=O)C(Cc2c[nH]c3ccccc23)NC(=O)C(Cc2ccccc2)NC(=O)C(Cc2ccccc2)NC(=O)C2CCCN2C(=O)C(CCS(C)=O)NC1=O. The zero-order valence-electron chi connectivity index (χ0n) is 43.6. The molecule has 8 amide bonds. The third-order valence-corrected chi connectivity index (χ3v) is 15.4. The Labute approximate surface area is 446 Å². The van der Waals surface area contributed by atoms with Crippen LogP contribution < -0.4 is 37.2 Å². The minimum atomic E-state index is -1.37. The molecule has 0 bridgehead atoms. The van der Waals surface area contributed by atoms with E-state index in [1.807, 2.05) is 49.6 Å². The number of carbonyl (C=O) groups is 8. The lowest BCUT2D eigenvalue weighted by Gasteiger charge is -2.32. The van der Waals surface area contributed by atoms with Gasteiger partial charge in [-0.1, -0.05) is 113 Å². The van der Waals surface area contributed by atoms with Crippen molar-refractivity contribution >= 4 is 80.7 Å². The second kappa shape index (κ2) is 27.8. The number of rotatable bonds is 15. The number of amides is 8. The molecule has 0 radical (unpaired) electrons. The number of nitrogens with zero attached hydrogens (tertiary/aromatic N) is 1. The summed E-state index contributed by atoms with van der Waals surface area (Å²) < 4.78 is 12.5. The molecule has 10 atom stereocenters. The van der Waals surface area contributed by atoms with Crippen LogP contribution in [0, 0.1) is 11.8 Å². The Morgan fingerprint density at radius 2 is 1.11 bits per heavy atom. The van der Waals surface area contributed by atoms with Crippen LogP contribution in [-0.2, 0) is 68.4 Å². The van der Waals surface area contributed by atoms with Crippen molar-refractivity contribution in [2.45, 2.75) is 127 Å². The lowest BCUT2D eigenvalue weighted by molar-refractivity contribution is -0.143. The average molecular weight is 1070 g/mol. The Balaban J connectivity index is 1.44. The maximum atomic E-state index is 14.9. The third kappa shape index (κ3) is 16.0. The predicted molar refractivity (Wildman–Crippen MR) is 291 cm³/mol. The molecule has 0 spiro atoms. The first-order valence-electron chi connectivity index (χ1n) is 25.8. The van der Waals surface area contributed by atoms with E-state index in [1.165, 1.54) is 22.9 Å². The molecule has 6 rings (SSSR count). The van der Waals surface area contributed by atoms with E-state index in [1.54, 1.807) is 75.5 Å². The van der Waals surface area contributed by atoms with Crippen molar-refractivity contribution in [3.05, 3.63) is 108 Å². The number of nitrogens with one attached hydrogen (secondary N) is 8. The molecular formula is C55H73N9O9S2. The van der Waals surface area contributed by atoms with Crippen LogP contribution in [0.15, 0.2) is 91.1 Å². The highest BCUT2D eigenvalue weighted by atomic mass is 32.2. The zero-order valence-corrected chi connectivity index (χ0v) is 45.3. The lowest BCUT2D eigenvalue weighted by Crippen LogP contribution is -2.62. The van der Waals surface area contributed by atoms with Gasteiger partial charge in [-0.25, -0.2) is 0 Å². The molecule has 75 heavy (non-hydrogen) atoms. The van der Waals surface area contributed by atoms with Crippen molar-refractivity contribution in [3.63, 3.8) is 0 Å². The van der Waals surface area contributed by atoms with E-state index in [2.05, 4.69) is 42.2 Å². The van der Waals surface area contributed by atoms with Gasteiger partial charge in [0.1, 0.15) is 48.3 Å². The molecule has 0 saturated carbocycles. The molecule has 2 aliphatic heterocycles. The second-order valence-corrected chi connectivity index (χ2v) is 22.4. The van der Waals surface area contributed by atoms with Crippen LogP contribution in [0.5, 0.6) is 0 Å². The molecule has 1 aromatic heterocycles. The Kier molecular flexibility index (Phi) is 21.4. The summed E-state index contributed by atoms with van der Waals surface area (Å²) in [4.78, 5) is 122. The van der Waals surface area contributed by atoms with Gasteiger partial charge < -0.3 is 47.1 Å². The van der Waals surface area contributed by atoms with E-state index in [9.17, 15) is 42.6 Å². The summed E-state index contributed by atoms with van der Waals surface area (Å²) >= 11 is 1.45. The summed E-state index contributed by atoms with van der Waals surface area (Å²) in [6, 6.07) is 15.8. The van der Waals surface area contributed by atoms with Crippen LogP contribution in [0.1, 0.15) is 76.5 Å². The first kappa shape index (κ1) is 57.7. The molecule has 404 valence electrons. The van der Waals surface area contributed by atoms with E-state index in [4.69, 9.17) is 0 Å². The van der Waals surface area contributed by atoms with Crippen LogP contribution in [0.4, 0.5) is 0 Å². The number of carbonyl (C=O) groups excluding carboxylic acids is 8. The topological polar surface area (TPSA) is 257 Å². The van der Waals surface area contributed by atoms with Crippen LogP contribution in [-0.4, -0.2) is 140 Å². The highest BCUT2D eigenvalue weighted by Gasteiger charge is 2.41. The smallest absolute Gasteiger partial charge is 0.245 e. The highest BCUT2D eigenvalue weighted by molar-refractivity contribution is 7.98. The van der Waals surface area contributed by atoms with Crippen LogP contribution >= 0.6 is 11.8 Å². The molecule has 10 unspecified atom stereocenters. The van der Waals surface area contributed by atoms with Gasteiger partial charge in [0, 0.05) is 65.7 Å². The second-order valence-electron chi connectivity index (χ2n) is 19.9. The van der Waals surface area contributed by atoms with Gasteiger partial charge in [-0.2, -0.15) is 11.8 Å². The summed E-state index contributed by atoms with van der Waals surface area (Å²) in [6.45, 7) is 7.24. The van der Waals surface area contributed by atoms with Gasteiger partial charge in [0.15, 0.2) is 0 Å². The van der Waals surface area contributed by atoms with Crippen molar-refractivity contribution in [2.75, 3.05) is 30.6 Å². The fraction of sp³-hybridized carbons (Fsp3) is 0.491. The standard InChI is InChI=1S/C55H73N9O9S2/c1-7-34(4)47-54(71)58-41(25-28-75(6)73)55(72)64-26-16-23-45(64)52(69)61-43(30-36-19-12-9-13-20-36)50(67)59-42(29-35-17-10-8-11-18-35)49(66)60-44(31-37-32-56-39-22-15-14-21-38(37)39)51(68)62-46(33(2)3)53(70)57-40(24-27-74-5)48(65)63-47/h8-15,17-22,32-34,40-47,56H,7,16,23-31H2,1-6H3,(H,57,70)(H,58,71)(H,59,67)(H,60,66)(H,61,69)(H,62,68)(H,63,65). The largest absolute Gasteiger partial charge is 0.361 e. The Hall–Kier alpha value is -6.54. The summed E-state index contributed by atoms with van der Waals surface area (Å²) in [6.07, 6.45) is 6.27. The maximum absolute atomic E-state index is 14.9. The number of para-hydroxylation sites is 1. The predicted octanol–water partition coefficient (Wildman–Crippen LogP) is 2.82. The van der Waals surface area contributed by atoms with Crippen LogP contribution in [0.3, 0.4) is 0 Å². The van der Waals surface area contributed by atoms with Gasteiger partial charge in [0.05, 0.1) is 0 Å². The van der Waals surface area contributed by atoms with Gasteiger partial charge in [0.2, 0.25) is 47.3 Å². The van der Waals surface area contributed by atoms with E-state index in [0.717, 1.165) is 10.9 Å². The quantitative estimate of drug-likeness (QED) is 0.0864. The molecule has 8 N–H and O–H groups in total. The van der Waals surface area contributed by atoms with E-state index in [-0.39, 0.29) is 50.8 Å². The normalized spacial score (nSPS) is 24.9. The molecule has 3 heterocycles. The molecule has 0 aliphatic carbocycles. The summed E-state index contributed by atoms with van der Waals surface area (Å²) in [7, 11) is -1.37. The highest BCUT2D eigenvalue weighted by Crippen LogP contribution is 2.23. The Bertz CT molecular complexity index is 2650. The molecule has 2 aliphatic rings. The summed E-state index contributed by atoms with van der Waals surface area (Å²) in [5, 5.41) is 20.9. The summed E-state index contributed by atoms with van der Waals surface area (Å²) in [5.41, 5.74) is 2.88. The van der Waals surface area contributed by atoms with E-state index in [0.29, 0.717) is 35.3 Å². The first-order valence-corrected chi connectivity index (χ1v) is 28.9. The van der Waals surface area contributed by atoms with Gasteiger partial charge in [-0.05, 0) is 72.3 Å². The minimum Gasteiger partial charge on any atom is -0.361 e. The van der Waals surface area contributed by atoms with Crippen LogP contribution in [0.2, 0.25) is 0 Å². The van der Waals surface area contributed by atoms with Gasteiger partial charge in [-0.3, -0.25) is 42.6 Å². The molecule has 20 heteroatoms. The third-order valence-electron chi connectivity index (χ3n) is 14.0. The van der Waals surface area contributed by atoms with Crippen molar-refractivity contribution in [1.29, 1.82) is 0 Å². The number of H-pyrrole nitrogens is 1. The maximum Gasteiger partial charge on any atom is 0.245 e. The number of fused-ring (bicyclic) bond motifs is 2. The number of thioether (sulfide) groups is 1. The van der Waals surface area contributed by atoms with E-state index >= 15 is 0 Å². The van der Waals surface area contributed by atoms with Crippen LogP contribution in [0.25, 0.3) is 10.9 Å². The molecule has 18 nitrogen and oxygen atoms in total.